The lowest BCUT2D eigenvalue weighted by Crippen LogP contribution is -2.54. The van der Waals surface area contributed by atoms with Crippen LogP contribution in [0.2, 0.25) is 12.1 Å². The SMILES string of the molecule is CC1(C)c2c(ccc3ccccc23)-c2c1c1ccncc1c1c3ccccc3n(-c3cc(-c4ccccc4)nc(-c4ccccc4)n3)c21.CC1(C)c2cc3ccccc3cc2-c2c1c1ncccc1c1c3ccccc3n(-c3ccc(-c4cc(-c5ccccc5)nc(-c5ccccc5)n4)cc3)c21.CC[Si]1(CC)c2ccccc2-c2c1c1ncccc1c1c3ccccc3n(-c3nc(-c4ccccc4)cc(-c4ccccc4)n3)c21. The van der Waals surface area contributed by atoms with E-state index in [0.29, 0.717) is 17.6 Å². The van der Waals surface area contributed by atoms with Crippen molar-refractivity contribution in [1.82, 2.24) is 58.6 Å². The summed E-state index contributed by atoms with van der Waals surface area (Å²) in [7, 11) is -2.12. The Morgan fingerprint density at radius 2 is 0.696 bits per heavy atom. The van der Waals surface area contributed by atoms with E-state index in [1.807, 2.05) is 79.3 Å². The van der Waals surface area contributed by atoms with E-state index >= 15 is 0 Å². The maximum atomic E-state index is 5.36. The number of nitrogens with zero attached hydrogens (tertiary/aromatic N) is 12. The van der Waals surface area contributed by atoms with Gasteiger partial charge in [-0.05, 0) is 149 Å². The van der Waals surface area contributed by atoms with Crippen molar-refractivity contribution >= 4 is 138 Å². The van der Waals surface area contributed by atoms with E-state index in [9.17, 15) is 0 Å². The largest absolute Gasteiger partial charge is 0.309 e. The van der Waals surface area contributed by atoms with E-state index in [1.165, 1.54) is 153 Å². The van der Waals surface area contributed by atoms with Crippen LogP contribution < -0.4 is 10.4 Å². The summed E-state index contributed by atoms with van der Waals surface area (Å²) in [5.41, 5.74) is 34.6. The molecule has 18 aromatic carbocycles. The predicted octanol–water partition coefficient (Wildman–Crippen LogP) is 32.5. The van der Waals surface area contributed by atoms with Crippen molar-refractivity contribution in [1.29, 1.82) is 0 Å². The number of benzene rings is 18. The van der Waals surface area contributed by atoms with Gasteiger partial charge in [-0.1, -0.05) is 399 Å². The topological polar surface area (TPSA) is 131 Å². The highest BCUT2D eigenvalue weighted by molar-refractivity contribution is 7.07. The van der Waals surface area contributed by atoms with E-state index in [2.05, 4.69) is 425 Å². The van der Waals surface area contributed by atoms with E-state index in [-0.39, 0.29) is 10.8 Å². The molecule has 700 valence electrons. The third-order valence-electron chi connectivity index (χ3n) is 31.7. The second-order valence-corrected chi connectivity index (χ2v) is 44.9. The van der Waals surface area contributed by atoms with Crippen molar-refractivity contribution in [3.8, 4) is 130 Å². The summed E-state index contributed by atoms with van der Waals surface area (Å²) in [6.45, 7) is 14.3. The quantitative estimate of drug-likeness (QED) is 0.110. The molecule has 0 amide bonds. The maximum absolute atomic E-state index is 5.36. The molecule has 30 rings (SSSR count). The molecule has 9 aromatic heterocycles. The van der Waals surface area contributed by atoms with E-state index in [1.54, 1.807) is 0 Å². The molecule has 2 aliphatic carbocycles. The van der Waals surface area contributed by atoms with Crippen LogP contribution in [0.1, 0.15) is 63.8 Å². The van der Waals surface area contributed by atoms with Gasteiger partial charge in [-0.3, -0.25) is 24.1 Å². The normalized spacial score (nSPS) is 13.3. The van der Waals surface area contributed by atoms with Gasteiger partial charge in [0.2, 0.25) is 5.95 Å². The molecule has 27 aromatic rings. The smallest absolute Gasteiger partial charge is 0.235 e. The summed E-state index contributed by atoms with van der Waals surface area (Å²) in [5, 5.41) is 20.1. The van der Waals surface area contributed by atoms with Crippen LogP contribution >= 0.6 is 0 Å². The Balaban J connectivity index is 0.000000107. The van der Waals surface area contributed by atoms with E-state index < -0.39 is 8.07 Å². The first-order valence-electron chi connectivity index (χ1n) is 51.2. The summed E-state index contributed by atoms with van der Waals surface area (Å²) in [4.78, 5) is 46.3. The highest BCUT2D eigenvalue weighted by Crippen LogP contribution is 2.61. The molecule has 12 nitrogen and oxygen atoms in total. The highest BCUT2D eigenvalue weighted by atomic mass is 28.3. The van der Waals surface area contributed by atoms with Crippen LogP contribution in [0.4, 0.5) is 0 Å². The number of rotatable bonds is 12. The van der Waals surface area contributed by atoms with Gasteiger partial charge in [0.05, 0.1) is 72.6 Å². The molecule has 0 bridgehead atoms. The van der Waals surface area contributed by atoms with E-state index in [4.69, 9.17) is 44.9 Å². The van der Waals surface area contributed by atoms with Crippen LogP contribution in [0.25, 0.3) is 249 Å². The summed E-state index contributed by atoms with van der Waals surface area (Å²) < 4.78 is 7.21. The lowest BCUT2D eigenvalue weighted by atomic mass is 9.78. The summed E-state index contributed by atoms with van der Waals surface area (Å²) >= 11 is 0. The van der Waals surface area contributed by atoms with Gasteiger partial charge in [0.25, 0.3) is 0 Å². The van der Waals surface area contributed by atoms with Crippen molar-refractivity contribution in [2.75, 3.05) is 0 Å². The minimum Gasteiger partial charge on any atom is -0.309 e. The molecule has 0 saturated carbocycles. The Bertz CT molecular complexity index is 9950. The number of fused-ring (bicyclic) bond motifs is 33. The zero-order chi connectivity index (χ0) is 98.8. The van der Waals surface area contributed by atoms with E-state index in [0.717, 1.165) is 124 Å². The minimum absolute atomic E-state index is 0.249. The molecule has 148 heavy (non-hydrogen) atoms. The molecule has 1 aliphatic heterocycles. The Hall–Kier alpha value is -18.4. The average molecular weight is 1910 g/mol. The molecule has 13 heteroatoms. The zero-order valence-corrected chi connectivity index (χ0v) is 83.5. The molecule has 0 unspecified atom stereocenters. The fraction of sp³-hybridized carbons (Fsp3) is 0.0741. The number of hydrogen-bond acceptors (Lipinski definition) is 9. The zero-order valence-electron chi connectivity index (χ0n) is 82.5. The first-order chi connectivity index (χ1) is 72.9. The Kier molecular flexibility index (Phi) is 20.3. The summed E-state index contributed by atoms with van der Waals surface area (Å²) in [6.07, 6.45) is 7.91. The lowest BCUT2D eigenvalue weighted by Gasteiger charge is -2.27. The van der Waals surface area contributed by atoms with Crippen LogP contribution in [0.3, 0.4) is 0 Å². The van der Waals surface area contributed by atoms with Gasteiger partial charge in [0.1, 0.15) is 13.9 Å². The molecule has 0 radical (unpaired) electrons. The van der Waals surface area contributed by atoms with Gasteiger partial charge in [-0.25, -0.2) is 29.9 Å². The predicted molar refractivity (Wildman–Crippen MR) is 615 cm³/mol. The fourth-order valence-corrected chi connectivity index (χ4v) is 29.9. The first kappa shape index (κ1) is 87.4. The number of pyridine rings is 3. The molecular weight excluding hydrogens is 1820 g/mol. The first-order valence-corrected chi connectivity index (χ1v) is 53.6. The van der Waals surface area contributed by atoms with Crippen LogP contribution in [-0.2, 0) is 10.8 Å². The standard InChI is InChI=1S/C50H34N4.C44H30N4.C41H32N4Si/c1-50(2)40-29-35-19-10-9-18-34(35)28-39(40)45-46(50)47-38(21-13-27-51-47)44-37-20-11-12-22-43(37)54(48(44)45)36-25-23-32(24-26-36)42-30-41(31-14-5-3-6-15-31)52-49(53-42)33-16-7-4-8-17-33;1-44(2)40-30-18-10-9-13-27(30)21-22-33(40)39-41(44)31-23-24-45-26-34(31)38-32-19-11-12-20-36(32)48(42(38)39)37-25-35(28-14-5-3-6-15-28)46-43(47-37)29-16-7-4-8-17-29;1-3-46(4-2)35-24-14-12-21-30(35)37-39-36(31-22-15-25-42-38(31)40(37)46)29-20-11-13-23-34(29)45(39)41-43-32(27-16-7-5-8-17-27)26-33(44-41)28-18-9-6-10-19-28/h3-30H,1-2H3;3-26H,1-2H3;5-26H,3-4H2,1-2H3. The Morgan fingerprint density at radius 3 is 1.26 bits per heavy atom. The van der Waals surface area contributed by atoms with Crippen molar-refractivity contribution < 1.29 is 0 Å². The third-order valence-corrected chi connectivity index (χ3v) is 37.0. The molecule has 0 spiro atoms. The van der Waals surface area contributed by atoms with Crippen molar-refractivity contribution in [3.63, 3.8) is 0 Å². The lowest BCUT2D eigenvalue weighted by molar-refractivity contribution is 0.666. The summed E-state index contributed by atoms with van der Waals surface area (Å²) in [5.74, 6) is 2.93. The minimum atomic E-state index is -2.12. The van der Waals surface area contributed by atoms with Crippen LogP contribution in [0, 0.1) is 0 Å². The van der Waals surface area contributed by atoms with Gasteiger partial charge >= 0.3 is 0 Å². The van der Waals surface area contributed by atoms with Crippen molar-refractivity contribution in [2.45, 2.75) is 64.5 Å². The molecule has 0 atom stereocenters. The maximum Gasteiger partial charge on any atom is 0.235 e. The van der Waals surface area contributed by atoms with Crippen LogP contribution in [0.15, 0.2) is 449 Å². The second kappa shape index (κ2) is 34.4. The van der Waals surface area contributed by atoms with Gasteiger partial charge in [-0.15, -0.1) is 0 Å². The molecule has 0 N–H and O–H groups in total. The molecular formula is C135H96N12Si. The monoisotopic (exact) mass is 1910 g/mol. The number of para-hydroxylation sites is 3. The summed E-state index contributed by atoms with van der Waals surface area (Å²) in [6, 6.07) is 153. The van der Waals surface area contributed by atoms with Crippen molar-refractivity contribution in [2.24, 2.45) is 0 Å². The highest BCUT2D eigenvalue weighted by Gasteiger charge is 2.48. The van der Waals surface area contributed by atoms with Gasteiger partial charge in [-0.2, -0.15) is 0 Å². The molecule has 0 saturated heterocycles. The third kappa shape index (κ3) is 13.5. The number of aromatic nitrogens is 12. The van der Waals surface area contributed by atoms with Gasteiger partial charge in [0, 0.05) is 151 Å². The second-order valence-electron chi connectivity index (χ2n) is 40.3. The Labute approximate surface area is 856 Å². The van der Waals surface area contributed by atoms with Crippen LogP contribution in [0.5, 0.6) is 0 Å². The van der Waals surface area contributed by atoms with Crippen LogP contribution in [-0.4, -0.2) is 66.6 Å². The molecule has 10 heterocycles. The molecule has 0 fully saturated rings. The van der Waals surface area contributed by atoms with Gasteiger partial charge in [0.15, 0.2) is 11.6 Å². The van der Waals surface area contributed by atoms with Crippen molar-refractivity contribution in [3.05, 3.63) is 472 Å². The average Bonchev–Trinajstić information content (AvgIpc) is 1.52. The fourth-order valence-electron chi connectivity index (χ4n) is 25.2. The number of hydrogen-bond donors (Lipinski definition) is 0. The molecule has 3 aliphatic rings. The Morgan fingerprint density at radius 1 is 0.270 bits per heavy atom. The van der Waals surface area contributed by atoms with Gasteiger partial charge < -0.3 is 4.57 Å².